The minimum absolute atomic E-state index is 0.517. The molecule has 3 heteroatoms. The highest BCUT2D eigenvalue weighted by molar-refractivity contribution is 9.10. The molecule has 0 amide bonds. The fourth-order valence-electron chi connectivity index (χ4n) is 2.21. The van der Waals surface area contributed by atoms with Gasteiger partial charge in [-0.3, -0.25) is 0 Å². The lowest BCUT2D eigenvalue weighted by Gasteiger charge is -2.38. The molecular weight excluding hydrogens is 342 g/mol. The standard InChI is InChI=1S/C14H19Br2N/c1-14(2)5-7-17(8-6-14)12-4-3-11(10-15)13(16)9-12/h3-4,9H,5-8,10H2,1-2H3. The molecule has 1 nitrogen and oxygen atoms in total. The van der Waals surface area contributed by atoms with Gasteiger partial charge in [-0.1, -0.05) is 51.8 Å². The number of alkyl halides is 1. The Labute approximate surface area is 121 Å². The largest absolute Gasteiger partial charge is 0.371 e. The minimum Gasteiger partial charge on any atom is -0.371 e. The van der Waals surface area contributed by atoms with Crippen molar-refractivity contribution >= 4 is 37.5 Å². The smallest absolute Gasteiger partial charge is 0.0377 e. The molecule has 0 aliphatic carbocycles. The lowest BCUT2D eigenvalue weighted by Crippen LogP contribution is -2.37. The first-order valence-electron chi connectivity index (χ1n) is 6.11. The van der Waals surface area contributed by atoms with Gasteiger partial charge in [0, 0.05) is 28.6 Å². The number of rotatable bonds is 2. The predicted octanol–water partition coefficient (Wildman–Crippen LogP) is 4.97. The second kappa shape index (κ2) is 5.31. The SMILES string of the molecule is CC1(C)CCN(c2ccc(CBr)c(Br)c2)CC1. The normalized spacial score (nSPS) is 19.4. The van der Waals surface area contributed by atoms with E-state index in [1.54, 1.807) is 0 Å². The Bertz CT molecular complexity index is 391. The number of nitrogens with zero attached hydrogens (tertiary/aromatic N) is 1. The molecule has 17 heavy (non-hydrogen) atoms. The van der Waals surface area contributed by atoms with Gasteiger partial charge in [0.05, 0.1) is 0 Å². The van der Waals surface area contributed by atoms with Gasteiger partial charge >= 0.3 is 0 Å². The number of halogens is 2. The molecule has 0 aromatic heterocycles. The van der Waals surface area contributed by atoms with Gasteiger partial charge in [-0.05, 0) is 36.0 Å². The molecule has 0 spiro atoms. The van der Waals surface area contributed by atoms with Crippen LogP contribution in [0.5, 0.6) is 0 Å². The van der Waals surface area contributed by atoms with E-state index in [1.165, 1.54) is 41.7 Å². The van der Waals surface area contributed by atoms with Crippen LogP contribution in [-0.4, -0.2) is 13.1 Å². The van der Waals surface area contributed by atoms with E-state index in [1.807, 2.05) is 0 Å². The van der Waals surface area contributed by atoms with Crippen molar-refractivity contribution in [2.24, 2.45) is 5.41 Å². The van der Waals surface area contributed by atoms with Crippen molar-refractivity contribution in [2.45, 2.75) is 32.0 Å². The molecule has 1 fully saturated rings. The van der Waals surface area contributed by atoms with E-state index in [0.717, 1.165) is 5.33 Å². The van der Waals surface area contributed by atoms with E-state index in [4.69, 9.17) is 0 Å². The van der Waals surface area contributed by atoms with Gasteiger partial charge in [0.15, 0.2) is 0 Å². The Morgan fingerprint density at radius 3 is 2.41 bits per heavy atom. The zero-order chi connectivity index (χ0) is 12.5. The fraction of sp³-hybridized carbons (Fsp3) is 0.571. The van der Waals surface area contributed by atoms with Crippen molar-refractivity contribution in [1.82, 2.24) is 0 Å². The quantitative estimate of drug-likeness (QED) is 0.673. The topological polar surface area (TPSA) is 3.24 Å². The maximum absolute atomic E-state index is 3.64. The third kappa shape index (κ3) is 3.25. The second-order valence-corrected chi connectivity index (χ2v) is 6.98. The van der Waals surface area contributed by atoms with Gasteiger partial charge < -0.3 is 4.90 Å². The Kier molecular flexibility index (Phi) is 4.19. The average molecular weight is 361 g/mol. The second-order valence-electron chi connectivity index (χ2n) is 5.56. The van der Waals surface area contributed by atoms with Crippen LogP contribution < -0.4 is 4.90 Å². The Balaban J connectivity index is 2.11. The van der Waals surface area contributed by atoms with Crippen molar-refractivity contribution in [1.29, 1.82) is 0 Å². The summed E-state index contributed by atoms with van der Waals surface area (Å²) in [5, 5.41) is 0.904. The van der Waals surface area contributed by atoms with Gasteiger partial charge in [-0.25, -0.2) is 0 Å². The van der Waals surface area contributed by atoms with Crippen LogP contribution in [0.15, 0.2) is 22.7 Å². The molecule has 1 aliphatic heterocycles. The van der Waals surface area contributed by atoms with Gasteiger partial charge in [0.1, 0.15) is 0 Å². The van der Waals surface area contributed by atoms with E-state index < -0.39 is 0 Å². The summed E-state index contributed by atoms with van der Waals surface area (Å²) in [6.07, 6.45) is 2.57. The molecule has 0 atom stereocenters. The van der Waals surface area contributed by atoms with E-state index in [-0.39, 0.29) is 0 Å². The first kappa shape index (κ1) is 13.4. The lowest BCUT2D eigenvalue weighted by atomic mass is 9.82. The van der Waals surface area contributed by atoms with Crippen molar-refractivity contribution < 1.29 is 0 Å². The molecule has 1 aromatic rings. The summed E-state index contributed by atoms with van der Waals surface area (Å²) in [4.78, 5) is 2.49. The highest BCUT2D eigenvalue weighted by Gasteiger charge is 2.25. The molecule has 1 saturated heterocycles. The molecule has 0 N–H and O–H groups in total. The number of benzene rings is 1. The number of hydrogen-bond acceptors (Lipinski definition) is 1. The third-order valence-corrected chi connectivity index (χ3v) is 5.01. The van der Waals surface area contributed by atoms with Crippen LogP contribution in [0.25, 0.3) is 0 Å². The van der Waals surface area contributed by atoms with Crippen LogP contribution in [0.4, 0.5) is 5.69 Å². The van der Waals surface area contributed by atoms with Crippen LogP contribution in [0.1, 0.15) is 32.3 Å². The van der Waals surface area contributed by atoms with Gasteiger partial charge in [-0.15, -0.1) is 0 Å². The number of anilines is 1. The monoisotopic (exact) mass is 359 g/mol. The summed E-state index contributed by atoms with van der Waals surface area (Å²) in [7, 11) is 0. The Hall–Kier alpha value is -0.0200. The summed E-state index contributed by atoms with van der Waals surface area (Å²) in [5.41, 5.74) is 3.17. The van der Waals surface area contributed by atoms with Crippen molar-refractivity contribution in [2.75, 3.05) is 18.0 Å². The van der Waals surface area contributed by atoms with Crippen LogP contribution in [0, 0.1) is 5.41 Å². The summed E-state index contributed by atoms with van der Waals surface area (Å²) in [6.45, 7) is 7.09. The van der Waals surface area contributed by atoms with Crippen LogP contribution >= 0.6 is 31.9 Å². The first-order chi connectivity index (χ1) is 8.02. The fourth-order valence-corrected chi connectivity index (χ4v) is 3.58. The Morgan fingerprint density at radius 1 is 1.24 bits per heavy atom. The Morgan fingerprint density at radius 2 is 1.88 bits per heavy atom. The molecule has 0 saturated carbocycles. The molecule has 94 valence electrons. The zero-order valence-electron chi connectivity index (χ0n) is 10.5. The van der Waals surface area contributed by atoms with E-state index in [9.17, 15) is 0 Å². The lowest BCUT2D eigenvalue weighted by molar-refractivity contribution is 0.280. The minimum atomic E-state index is 0.517. The highest BCUT2D eigenvalue weighted by Crippen LogP contribution is 2.33. The van der Waals surface area contributed by atoms with E-state index in [2.05, 4.69) is 68.8 Å². The van der Waals surface area contributed by atoms with Crippen molar-refractivity contribution in [3.05, 3.63) is 28.2 Å². The summed E-state index contributed by atoms with van der Waals surface area (Å²) < 4.78 is 1.21. The predicted molar refractivity (Wildman–Crippen MR) is 82.0 cm³/mol. The molecule has 0 unspecified atom stereocenters. The zero-order valence-corrected chi connectivity index (χ0v) is 13.6. The van der Waals surface area contributed by atoms with Crippen molar-refractivity contribution in [3.8, 4) is 0 Å². The van der Waals surface area contributed by atoms with Gasteiger partial charge in [0.25, 0.3) is 0 Å². The molecule has 1 heterocycles. The molecule has 1 aliphatic rings. The number of piperidine rings is 1. The third-order valence-electron chi connectivity index (χ3n) is 3.66. The van der Waals surface area contributed by atoms with Crippen LogP contribution in [0.2, 0.25) is 0 Å². The maximum Gasteiger partial charge on any atom is 0.0377 e. The van der Waals surface area contributed by atoms with Crippen LogP contribution in [-0.2, 0) is 5.33 Å². The van der Waals surface area contributed by atoms with E-state index >= 15 is 0 Å². The van der Waals surface area contributed by atoms with Crippen LogP contribution in [0.3, 0.4) is 0 Å². The van der Waals surface area contributed by atoms with Gasteiger partial charge in [0.2, 0.25) is 0 Å². The first-order valence-corrected chi connectivity index (χ1v) is 8.03. The average Bonchev–Trinajstić information content (AvgIpc) is 2.29. The summed E-state index contributed by atoms with van der Waals surface area (Å²) >= 11 is 7.14. The van der Waals surface area contributed by atoms with Gasteiger partial charge in [-0.2, -0.15) is 0 Å². The highest BCUT2D eigenvalue weighted by atomic mass is 79.9. The van der Waals surface area contributed by atoms with Crippen molar-refractivity contribution in [3.63, 3.8) is 0 Å². The summed E-state index contributed by atoms with van der Waals surface area (Å²) in [5.74, 6) is 0. The molecule has 1 aromatic carbocycles. The molecule has 0 radical (unpaired) electrons. The maximum atomic E-state index is 3.64. The molecule has 0 bridgehead atoms. The molecular formula is C14H19Br2N. The van der Waals surface area contributed by atoms with E-state index in [0.29, 0.717) is 5.41 Å². The molecule has 2 rings (SSSR count). The summed E-state index contributed by atoms with van der Waals surface area (Å²) in [6, 6.07) is 6.68. The number of hydrogen-bond donors (Lipinski definition) is 0.